The number of aliphatic hydroxyl groups is 1. The van der Waals surface area contributed by atoms with Crippen LogP contribution in [0.3, 0.4) is 0 Å². The van der Waals surface area contributed by atoms with E-state index in [1.165, 1.54) is 0 Å². The fourth-order valence-corrected chi connectivity index (χ4v) is 3.06. The van der Waals surface area contributed by atoms with Crippen molar-refractivity contribution >= 4 is 11.8 Å². The molecule has 1 heterocycles. The lowest BCUT2D eigenvalue weighted by Gasteiger charge is -2.27. The first-order valence-corrected chi connectivity index (χ1v) is 7.12. The van der Waals surface area contributed by atoms with E-state index in [-0.39, 0.29) is 6.61 Å². The van der Waals surface area contributed by atoms with Crippen LogP contribution in [0.5, 0.6) is 0 Å². The lowest BCUT2D eigenvalue weighted by Crippen LogP contribution is -2.43. The number of hydrogen-bond donors (Lipinski definition) is 2. The van der Waals surface area contributed by atoms with Gasteiger partial charge in [0.2, 0.25) is 0 Å². The van der Waals surface area contributed by atoms with Crippen LogP contribution in [0.25, 0.3) is 0 Å². The molecule has 0 amide bonds. The number of nitrogens with two attached hydrogens (primary N) is 1. The monoisotopic (exact) mass is 277 g/mol. The van der Waals surface area contributed by atoms with Gasteiger partial charge < -0.3 is 10.8 Å². The van der Waals surface area contributed by atoms with Gasteiger partial charge in [0.15, 0.2) is 0 Å². The highest BCUT2D eigenvalue weighted by molar-refractivity contribution is 7.99. The van der Waals surface area contributed by atoms with Crippen molar-refractivity contribution in [2.75, 3.05) is 12.4 Å². The molecular formula is C14H19N3OS. The Labute approximate surface area is 117 Å². The second kappa shape index (κ2) is 5.77. The first-order valence-electron chi connectivity index (χ1n) is 6.14. The Bertz CT molecular complexity index is 541. The topological polar surface area (TPSA) is 64.1 Å². The van der Waals surface area contributed by atoms with Gasteiger partial charge in [-0.05, 0) is 18.6 Å². The summed E-state index contributed by atoms with van der Waals surface area (Å²) < 4.78 is 1.84. The Morgan fingerprint density at radius 2 is 2.05 bits per heavy atom. The molecule has 5 heteroatoms. The van der Waals surface area contributed by atoms with Gasteiger partial charge in [-0.3, -0.25) is 4.68 Å². The Kier molecular flexibility index (Phi) is 4.29. The number of benzene rings is 1. The third-order valence-electron chi connectivity index (χ3n) is 3.07. The number of aromatic nitrogens is 2. The van der Waals surface area contributed by atoms with E-state index in [9.17, 15) is 5.11 Å². The summed E-state index contributed by atoms with van der Waals surface area (Å²) in [6.45, 7) is 1.88. The molecule has 4 nitrogen and oxygen atoms in total. The molecule has 0 radical (unpaired) electrons. The van der Waals surface area contributed by atoms with Crippen LogP contribution in [0.2, 0.25) is 0 Å². The maximum absolute atomic E-state index is 9.63. The molecule has 0 spiro atoms. The fourth-order valence-electron chi connectivity index (χ4n) is 1.92. The molecule has 3 N–H and O–H groups in total. The molecule has 0 bridgehead atoms. The maximum atomic E-state index is 9.63. The third kappa shape index (κ3) is 3.18. The lowest BCUT2D eigenvalue weighted by atomic mass is 9.94. The van der Waals surface area contributed by atoms with Gasteiger partial charge in [-0.15, -0.1) is 11.8 Å². The standard InChI is InChI=1S/C14H19N3OS/c1-11-8-13(17(2)16-11)19-10-14(15,9-18)12-6-4-3-5-7-12/h3-8,18H,9-10,15H2,1-2H3. The van der Waals surface area contributed by atoms with E-state index in [1.54, 1.807) is 11.8 Å². The Balaban J connectivity index is 2.13. The number of thioether (sulfide) groups is 1. The summed E-state index contributed by atoms with van der Waals surface area (Å²) in [5, 5.41) is 15.0. The van der Waals surface area contributed by atoms with Crippen molar-refractivity contribution < 1.29 is 5.11 Å². The summed E-state index contributed by atoms with van der Waals surface area (Å²) in [4.78, 5) is 0. The first kappa shape index (κ1) is 14.1. The van der Waals surface area contributed by atoms with E-state index in [4.69, 9.17) is 5.73 Å². The predicted octanol–water partition coefficient (Wildman–Crippen LogP) is 1.67. The van der Waals surface area contributed by atoms with E-state index in [1.807, 2.05) is 55.1 Å². The fraction of sp³-hybridized carbons (Fsp3) is 0.357. The predicted molar refractivity (Wildman–Crippen MR) is 78.1 cm³/mol. The molecule has 0 saturated carbocycles. The number of nitrogens with zero attached hydrogens (tertiary/aromatic N) is 2. The number of aryl methyl sites for hydroxylation is 2. The van der Waals surface area contributed by atoms with Crippen LogP contribution in [-0.2, 0) is 12.6 Å². The average Bonchev–Trinajstić information content (AvgIpc) is 2.75. The summed E-state index contributed by atoms with van der Waals surface area (Å²) in [6, 6.07) is 11.7. The SMILES string of the molecule is Cc1cc(SCC(N)(CO)c2ccccc2)n(C)n1. The minimum Gasteiger partial charge on any atom is -0.394 e. The second-order valence-electron chi connectivity index (χ2n) is 4.72. The Hall–Kier alpha value is -1.30. The Morgan fingerprint density at radius 3 is 2.58 bits per heavy atom. The molecule has 0 aliphatic carbocycles. The summed E-state index contributed by atoms with van der Waals surface area (Å²) in [5.41, 5.74) is 7.52. The largest absolute Gasteiger partial charge is 0.394 e. The van der Waals surface area contributed by atoms with Gasteiger partial charge in [0, 0.05) is 12.8 Å². The van der Waals surface area contributed by atoms with Crippen molar-refractivity contribution in [3.8, 4) is 0 Å². The molecule has 102 valence electrons. The normalized spacial score (nSPS) is 14.3. The highest BCUT2D eigenvalue weighted by Crippen LogP contribution is 2.27. The van der Waals surface area contributed by atoms with Gasteiger partial charge in [0.05, 0.1) is 22.9 Å². The zero-order valence-corrected chi connectivity index (χ0v) is 12.0. The lowest BCUT2D eigenvalue weighted by molar-refractivity contribution is 0.213. The summed E-state index contributed by atoms with van der Waals surface area (Å²) in [7, 11) is 1.91. The highest BCUT2D eigenvalue weighted by Gasteiger charge is 2.27. The van der Waals surface area contributed by atoms with Crippen molar-refractivity contribution in [3.63, 3.8) is 0 Å². The molecule has 0 fully saturated rings. The van der Waals surface area contributed by atoms with Crippen LogP contribution in [-0.4, -0.2) is 27.2 Å². The van der Waals surface area contributed by atoms with E-state index in [0.717, 1.165) is 16.3 Å². The maximum Gasteiger partial charge on any atom is 0.0940 e. The summed E-state index contributed by atoms with van der Waals surface area (Å²) in [5.74, 6) is 0.604. The third-order valence-corrected chi connectivity index (χ3v) is 4.40. The molecule has 2 rings (SSSR count). The van der Waals surface area contributed by atoms with Crippen LogP contribution < -0.4 is 5.73 Å². The smallest absolute Gasteiger partial charge is 0.0940 e. The van der Waals surface area contributed by atoms with Crippen molar-refractivity contribution in [2.45, 2.75) is 17.5 Å². The van der Waals surface area contributed by atoms with Crippen LogP contribution in [0, 0.1) is 6.92 Å². The second-order valence-corrected chi connectivity index (χ2v) is 5.71. The molecule has 19 heavy (non-hydrogen) atoms. The van der Waals surface area contributed by atoms with E-state index in [0.29, 0.717) is 5.75 Å². The minimum absolute atomic E-state index is 0.0825. The highest BCUT2D eigenvalue weighted by atomic mass is 32.2. The Morgan fingerprint density at radius 1 is 1.37 bits per heavy atom. The van der Waals surface area contributed by atoms with Crippen LogP contribution in [0.1, 0.15) is 11.3 Å². The van der Waals surface area contributed by atoms with Gasteiger partial charge in [0.25, 0.3) is 0 Å². The van der Waals surface area contributed by atoms with Crippen LogP contribution in [0.4, 0.5) is 0 Å². The number of rotatable bonds is 5. The summed E-state index contributed by atoms with van der Waals surface area (Å²) in [6.07, 6.45) is 0. The van der Waals surface area contributed by atoms with Crippen molar-refractivity contribution in [3.05, 3.63) is 47.7 Å². The van der Waals surface area contributed by atoms with Crippen LogP contribution in [0.15, 0.2) is 41.4 Å². The molecule has 1 aromatic heterocycles. The average molecular weight is 277 g/mol. The van der Waals surface area contributed by atoms with E-state index >= 15 is 0 Å². The van der Waals surface area contributed by atoms with Crippen molar-refractivity contribution in [1.82, 2.24) is 9.78 Å². The minimum atomic E-state index is -0.732. The zero-order chi connectivity index (χ0) is 13.9. The number of aliphatic hydroxyl groups excluding tert-OH is 1. The molecule has 0 aliphatic rings. The van der Waals surface area contributed by atoms with E-state index in [2.05, 4.69) is 5.10 Å². The molecule has 0 aliphatic heterocycles. The van der Waals surface area contributed by atoms with Gasteiger partial charge >= 0.3 is 0 Å². The van der Waals surface area contributed by atoms with Crippen molar-refractivity contribution in [2.24, 2.45) is 12.8 Å². The zero-order valence-electron chi connectivity index (χ0n) is 11.2. The van der Waals surface area contributed by atoms with Gasteiger partial charge in [-0.1, -0.05) is 30.3 Å². The quantitative estimate of drug-likeness (QED) is 0.816. The van der Waals surface area contributed by atoms with E-state index < -0.39 is 5.54 Å². The van der Waals surface area contributed by atoms with Gasteiger partial charge in [0.1, 0.15) is 0 Å². The molecule has 1 aromatic carbocycles. The molecular weight excluding hydrogens is 258 g/mol. The van der Waals surface area contributed by atoms with Crippen LogP contribution >= 0.6 is 11.8 Å². The molecule has 2 aromatic rings. The number of hydrogen-bond acceptors (Lipinski definition) is 4. The molecule has 0 saturated heterocycles. The van der Waals surface area contributed by atoms with Gasteiger partial charge in [-0.25, -0.2) is 0 Å². The summed E-state index contributed by atoms with van der Waals surface area (Å²) >= 11 is 1.61. The molecule has 1 unspecified atom stereocenters. The van der Waals surface area contributed by atoms with Gasteiger partial charge in [-0.2, -0.15) is 5.10 Å². The first-order chi connectivity index (χ1) is 9.05. The molecule has 1 atom stereocenters. The van der Waals surface area contributed by atoms with Crippen molar-refractivity contribution in [1.29, 1.82) is 0 Å².